The highest BCUT2D eigenvalue weighted by molar-refractivity contribution is 5.80. The van der Waals surface area contributed by atoms with E-state index in [1.165, 1.54) is 0 Å². The number of aryl methyl sites for hydroxylation is 1. The SMILES string of the molecule is CCNC(=NCC(c1ccc(C)o1)N1CCOCC1)N1CCCC(CC(N)=O)C1. The van der Waals surface area contributed by atoms with Crippen LogP contribution in [0.1, 0.15) is 43.7 Å². The van der Waals surface area contributed by atoms with Crippen molar-refractivity contribution in [1.29, 1.82) is 0 Å². The van der Waals surface area contributed by atoms with E-state index in [-0.39, 0.29) is 11.9 Å². The molecular weight excluding hydrogens is 370 g/mol. The van der Waals surface area contributed by atoms with Crippen molar-refractivity contribution in [2.24, 2.45) is 16.6 Å². The van der Waals surface area contributed by atoms with E-state index in [9.17, 15) is 4.79 Å². The van der Waals surface area contributed by atoms with Gasteiger partial charge in [-0.05, 0) is 44.7 Å². The summed E-state index contributed by atoms with van der Waals surface area (Å²) in [6.45, 7) is 10.5. The molecule has 1 aromatic heterocycles. The third-order valence-corrected chi connectivity index (χ3v) is 5.63. The number of hydrogen-bond acceptors (Lipinski definition) is 5. The normalized spacial score (nSPS) is 22.5. The highest BCUT2D eigenvalue weighted by atomic mass is 16.5. The van der Waals surface area contributed by atoms with Gasteiger partial charge >= 0.3 is 0 Å². The minimum absolute atomic E-state index is 0.0902. The summed E-state index contributed by atoms with van der Waals surface area (Å²) < 4.78 is 11.5. The summed E-state index contributed by atoms with van der Waals surface area (Å²) >= 11 is 0. The van der Waals surface area contributed by atoms with E-state index in [0.29, 0.717) is 18.9 Å². The van der Waals surface area contributed by atoms with Crippen molar-refractivity contribution in [2.75, 3.05) is 52.5 Å². The molecule has 3 heterocycles. The molecule has 3 rings (SSSR count). The summed E-state index contributed by atoms with van der Waals surface area (Å²) in [7, 11) is 0. The number of amides is 1. The van der Waals surface area contributed by atoms with Crippen LogP contribution >= 0.6 is 0 Å². The maximum atomic E-state index is 11.4. The number of rotatable bonds is 7. The summed E-state index contributed by atoms with van der Waals surface area (Å²) in [5, 5.41) is 3.43. The number of furan rings is 1. The lowest BCUT2D eigenvalue weighted by molar-refractivity contribution is -0.119. The van der Waals surface area contributed by atoms with Crippen LogP contribution in [-0.4, -0.2) is 74.1 Å². The van der Waals surface area contributed by atoms with E-state index in [4.69, 9.17) is 19.9 Å². The van der Waals surface area contributed by atoms with Crippen LogP contribution in [-0.2, 0) is 9.53 Å². The second-order valence-corrected chi connectivity index (χ2v) is 7.93. The lowest BCUT2D eigenvalue weighted by Crippen LogP contribution is -2.47. The van der Waals surface area contributed by atoms with Gasteiger partial charge in [-0.3, -0.25) is 14.7 Å². The number of carbonyl (C=O) groups excluding carboxylic acids is 1. The Morgan fingerprint density at radius 3 is 2.79 bits per heavy atom. The molecule has 0 radical (unpaired) electrons. The van der Waals surface area contributed by atoms with Gasteiger partial charge in [0.2, 0.25) is 5.91 Å². The van der Waals surface area contributed by atoms with E-state index < -0.39 is 0 Å². The molecule has 162 valence electrons. The number of carbonyl (C=O) groups is 1. The molecule has 1 amide bonds. The van der Waals surface area contributed by atoms with Crippen LogP contribution in [0.25, 0.3) is 0 Å². The molecule has 8 heteroatoms. The molecule has 0 aliphatic carbocycles. The fourth-order valence-electron chi connectivity index (χ4n) is 4.21. The molecule has 0 saturated carbocycles. The molecule has 29 heavy (non-hydrogen) atoms. The Balaban J connectivity index is 1.74. The Hall–Kier alpha value is -2.06. The van der Waals surface area contributed by atoms with Crippen molar-refractivity contribution in [3.63, 3.8) is 0 Å². The summed E-state index contributed by atoms with van der Waals surface area (Å²) in [5.74, 6) is 2.85. The predicted molar refractivity (Wildman–Crippen MR) is 113 cm³/mol. The van der Waals surface area contributed by atoms with Gasteiger partial charge < -0.3 is 25.1 Å². The summed E-state index contributed by atoms with van der Waals surface area (Å²) in [6.07, 6.45) is 2.53. The van der Waals surface area contributed by atoms with E-state index in [1.807, 2.05) is 13.0 Å². The highest BCUT2D eigenvalue weighted by Crippen LogP contribution is 2.25. The number of nitrogens with one attached hydrogen (secondary N) is 1. The zero-order valence-electron chi connectivity index (χ0n) is 17.7. The molecule has 0 bridgehead atoms. The Labute approximate surface area is 173 Å². The number of nitrogens with two attached hydrogens (primary N) is 1. The Morgan fingerprint density at radius 1 is 1.34 bits per heavy atom. The molecule has 3 N–H and O–H groups in total. The first-order chi connectivity index (χ1) is 14.1. The lowest BCUT2D eigenvalue weighted by Gasteiger charge is -2.36. The standard InChI is InChI=1S/C21H35N5O3/c1-3-23-21(26-8-4-5-17(15-26)13-20(22)27)24-14-18(19-7-6-16(2)29-19)25-9-11-28-12-10-25/h6-7,17-18H,3-5,8-15H2,1-2H3,(H2,22,27)(H,23,24). The van der Waals surface area contributed by atoms with E-state index in [2.05, 4.69) is 28.1 Å². The number of morpholine rings is 1. The number of hydrogen-bond donors (Lipinski definition) is 2. The summed E-state index contributed by atoms with van der Waals surface area (Å²) in [6, 6.07) is 4.16. The minimum atomic E-state index is -0.223. The molecular formula is C21H35N5O3. The maximum Gasteiger partial charge on any atom is 0.217 e. The molecule has 2 fully saturated rings. The molecule has 2 aliphatic rings. The second kappa shape index (κ2) is 10.6. The predicted octanol–water partition coefficient (Wildman–Crippen LogP) is 1.51. The van der Waals surface area contributed by atoms with Crippen molar-refractivity contribution in [2.45, 2.75) is 39.2 Å². The average Bonchev–Trinajstić information content (AvgIpc) is 3.14. The average molecular weight is 406 g/mol. The first kappa shape index (κ1) is 21.6. The van der Waals surface area contributed by atoms with Crippen molar-refractivity contribution in [3.8, 4) is 0 Å². The van der Waals surface area contributed by atoms with Gasteiger partial charge in [0.1, 0.15) is 11.5 Å². The largest absolute Gasteiger partial charge is 0.465 e. The van der Waals surface area contributed by atoms with Crippen molar-refractivity contribution >= 4 is 11.9 Å². The summed E-state index contributed by atoms with van der Waals surface area (Å²) in [5.41, 5.74) is 5.42. The van der Waals surface area contributed by atoms with Crippen molar-refractivity contribution in [1.82, 2.24) is 15.1 Å². The van der Waals surface area contributed by atoms with Crippen LogP contribution in [0.5, 0.6) is 0 Å². The van der Waals surface area contributed by atoms with Gasteiger partial charge in [-0.15, -0.1) is 0 Å². The molecule has 2 saturated heterocycles. The highest BCUT2D eigenvalue weighted by Gasteiger charge is 2.27. The number of primary amides is 1. The zero-order valence-corrected chi connectivity index (χ0v) is 17.7. The van der Waals surface area contributed by atoms with Gasteiger partial charge in [0.25, 0.3) is 0 Å². The van der Waals surface area contributed by atoms with Gasteiger partial charge in [-0.2, -0.15) is 0 Å². The Kier molecular flexibility index (Phi) is 7.94. The van der Waals surface area contributed by atoms with Gasteiger partial charge in [0.05, 0.1) is 25.8 Å². The molecule has 1 aromatic rings. The van der Waals surface area contributed by atoms with Crippen LogP contribution in [0, 0.1) is 12.8 Å². The first-order valence-corrected chi connectivity index (χ1v) is 10.8. The Morgan fingerprint density at radius 2 is 2.14 bits per heavy atom. The number of likely N-dealkylation sites (tertiary alicyclic amines) is 1. The van der Waals surface area contributed by atoms with Crippen LogP contribution < -0.4 is 11.1 Å². The first-order valence-electron chi connectivity index (χ1n) is 10.8. The fraction of sp³-hybridized carbons (Fsp3) is 0.714. The maximum absolute atomic E-state index is 11.4. The quantitative estimate of drug-likeness (QED) is 0.527. The van der Waals surface area contributed by atoms with Gasteiger partial charge in [-0.25, -0.2) is 0 Å². The molecule has 2 unspecified atom stereocenters. The molecule has 0 spiro atoms. The van der Waals surface area contributed by atoms with E-state index >= 15 is 0 Å². The molecule has 2 atom stereocenters. The monoisotopic (exact) mass is 405 g/mol. The van der Waals surface area contributed by atoms with Gasteiger partial charge in [0, 0.05) is 39.1 Å². The van der Waals surface area contributed by atoms with Crippen molar-refractivity contribution < 1.29 is 13.9 Å². The fourth-order valence-corrected chi connectivity index (χ4v) is 4.21. The van der Waals surface area contributed by atoms with Gasteiger partial charge in [0.15, 0.2) is 5.96 Å². The third-order valence-electron chi connectivity index (χ3n) is 5.63. The van der Waals surface area contributed by atoms with Crippen LogP contribution in [0.15, 0.2) is 21.5 Å². The van der Waals surface area contributed by atoms with E-state index in [0.717, 1.165) is 76.3 Å². The Bertz CT molecular complexity index is 684. The lowest BCUT2D eigenvalue weighted by atomic mass is 9.95. The van der Waals surface area contributed by atoms with Gasteiger partial charge in [-0.1, -0.05) is 0 Å². The number of aliphatic imine (C=N–C) groups is 1. The molecule has 8 nitrogen and oxygen atoms in total. The number of ether oxygens (including phenoxy) is 1. The smallest absolute Gasteiger partial charge is 0.217 e. The van der Waals surface area contributed by atoms with Crippen molar-refractivity contribution in [3.05, 3.63) is 23.7 Å². The second-order valence-electron chi connectivity index (χ2n) is 7.93. The topological polar surface area (TPSA) is 96.3 Å². The molecule has 2 aliphatic heterocycles. The van der Waals surface area contributed by atoms with E-state index in [1.54, 1.807) is 0 Å². The number of piperidine rings is 1. The van der Waals surface area contributed by atoms with Crippen LogP contribution in [0.2, 0.25) is 0 Å². The zero-order chi connectivity index (χ0) is 20.6. The number of nitrogens with zero attached hydrogens (tertiary/aromatic N) is 3. The number of guanidine groups is 1. The minimum Gasteiger partial charge on any atom is -0.465 e. The summed E-state index contributed by atoms with van der Waals surface area (Å²) in [4.78, 5) is 21.0. The van der Waals surface area contributed by atoms with Crippen LogP contribution in [0.4, 0.5) is 0 Å². The van der Waals surface area contributed by atoms with Crippen LogP contribution in [0.3, 0.4) is 0 Å². The molecule has 0 aromatic carbocycles. The third kappa shape index (κ3) is 6.21.